The first-order valence-corrected chi connectivity index (χ1v) is 12.3. The van der Waals surface area contributed by atoms with E-state index in [0.717, 1.165) is 19.3 Å². The number of amides is 1. The summed E-state index contributed by atoms with van der Waals surface area (Å²) in [5, 5.41) is 2.92. The average molecular weight is 478 g/mol. The van der Waals surface area contributed by atoms with Crippen molar-refractivity contribution >= 4 is 11.7 Å². The Morgan fingerprint density at radius 2 is 1.09 bits per heavy atom. The number of hydrogen-bond acceptors (Lipinski definition) is 8. The lowest BCUT2D eigenvalue weighted by Gasteiger charge is -2.14. The van der Waals surface area contributed by atoms with Crippen molar-refractivity contribution in [1.82, 2.24) is 5.32 Å². The van der Waals surface area contributed by atoms with Gasteiger partial charge < -0.3 is 33.7 Å². The predicted molar refractivity (Wildman–Crippen MR) is 126 cm³/mol. The van der Waals surface area contributed by atoms with Crippen molar-refractivity contribution in [2.24, 2.45) is 11.8 Å². The van der Waals surface area contributed by atoms with Gasteiger partial charge in [0.2, 0.25) is 5.91 Å². The highest BCUT2D eigenvalue weighted by Gasteiger charge is 2.14. The molecule has 0 fully saturated rings. The molecule has 0 saturated heterocycles. The molecule has 1 amide bonds. The molecular formula is C24H47NO8. The van der Waals surface area contributed by atoms with Crippen LogP contribution in [0.1, 0.15) is 47.0 Å². The van der Waals surface area contributed by atoms with Crippen molar-refractivity contribution in [1.29, 1.82) is 0 Å². The molecule has 0 radical (unpaired) electrons. The number of ketones is 1. The van der Waals surface area contributed by atoms with Crippen LogP contribution < -0.4 is 5.32 Å². The summed E-state index contributed by atoms with van der Waals surface area (Å²) in [6.07, 6.45) is 2.82. The molecule has 9 heteroatoms. The topological polar surface area (TPSA) is 102 Å². The first-order valence-electron chi connectivity index (χ1n) is 12.3. The maximum Gasteiger partial charge on any atom is 0.223 e. The fourth-order valence-corrected chi connectivity index (χ4v) is 2.70. The van der Waals surface area contributed by atoms with Crippen LogP contribution in [0.2, 0.25) is 0 Å². The van der Waals surface area contributed by atoms with Gasteiger partial charge in [-0.05, 0) is 12.8 Å². The fourth-order valence-electron chi connectivity index (χ4n) is 2.70. The van der Waals surface area contributed by atoms with E-state index in [9.17, 15) is 9.59 Å². The van der Waals surface area contributed by atoms with Crippen molar-refractivity contribution in [3.63, 3.8) is 0 Å². The molecule has 1 unspecified atom stereocenters. The normalized spacial score (nSPS) is 12.3. The molecule has 1 atom stereocenters. The summed E-state index contributed by atoms with van der Waals surface area (Å²) in [6, 6.07) is 0. The molecule has 0 aromatic rings. The zero-order chi connectivity index (χ0) is 24.6. The van der Waals surface area contributed by atoms with Gasteiger partial charge in [0.1, 0.15) is 6.61 Å². The molecule has 0 spiro atoms. The molecule has 0 rings (SSSR count). The van der Waals surface area contributed by atoms with Crippen molar-refractivity contribution < 1.29 is 38.0 Å². The van der Waals surface area contributed by atoms with E-state index >= 15 is 0 Å². The Morgan fingerprint density at radius 1 is 0.667 bits per heavy atom. The molecule has 0 saturated carbocycles. The van der Waals surface area contributed by atoms with E-state index in [-0.39, 0.29) is 30.1 Å². The van der Waals surface area contributed by atoms with Gasteiger partial charge in [0.25, 0.3) is 0 Å². The fraction of sp³-hybridized carbons (Fsp3) is 0.917. The van der Waals surface area contributed by atoms with Crippen molar-refractivity contribution in [3.8, 4) is 0 Å². The molecule has 0 aromatic heterocycles. The SMILES string of the molecule is CCCC(CC)C(=O)NCCOCCOCCOCCOCCOCCOCC(=O)C(C)C. The molecule has 0 heterocycles. The van der Waals surface area contributed by atoms with Crippen LogP contribution in [0.4, 0.5) is 0 Å². The lowest BCUT2D eigenvalue weighted by molar-refractivity contribution is -0.127. The van der Waals surface area contributed by atoms with E-state index in [1.54, 1.807) is 0 Å². The summed E-state index contributed by atoms with van der Waals surface area (Å²) in [7, 11) is 0. The van der Waals surface area contributed by atoms with Gasteiger partial charge in [-0.25, -0.2) is 0 Å². The van der Waals surface area contributed by atoms with E-state index < -0.39 is 0 Å². The summed E-state index contributed by atoms with van der Waals surface area (Å²) < 4.78 is 32.3. The van der Waals surface area contributed by atoms with Gasteiger partial charge in [0.15, 0.2) is 5.78 Å². The van der Waals surface area contributed by atoms with Crippen LogP contribution in [-0.2, 0) is 38.0 Å². The largest absolute Gasteiger partial charge is 0.377 e. The summed E-state index contributed by atoms with van der Waals surface area (Å²) in [5.41, 5.74) is 0. The third-order valence-corrected chi connectivity index (χ3v) is 4.79. The van der Waals surface area contributed by atoms with Gasteiger partial charge in [0.05, 0.1) is 72.7 Å². The highest BCUT2D eigenvalue weighted by atomic mass is 16.6. The standard InChI is InChI=1S/C24H47NO8/c1-5-7-22(6-2)24(27)25-8-9-28-10-11-29-12-13-30-14-15-31-16-17-32-18-19-33-20-23(26)21(3)4/h21-22H,5-20H2,1-4H3,(H,25,27). The van der Waals surface area contributed by atoms with Gasteiger partial charge in [-0.3, -0.25) is 9.59 Å². The van der Waals surface area contributed by atoms with Gasteiger partial charge in [-0.2, -0.15) is 0 Å². The minimum Gasteiger partial charge on any atom is -0.377 e. The monoisotopic (exact) mass is 477 g/mol. The second-order valence-corrected chi connectivity index (χ2v) is 7.92. The number of rotatable bonds is 25. The lowest BCUT2D eigenvalue weighted by atomic mass is 10.00. The number of Topliss-reactive ketones (excluding diaryl/α,β-unsaturated/α-hetero) is 1. The van der Waals surface area contributed by atoms with Crippen LogP contribution in [0.5, 0.6) is 0 Å². The molecule has 1 N–H and O–H groups in total. The molecule has 0 aliphatic rings. The number of ether oxygens (including phenoxy) is 6. The van der Waals surface area contributed by atoms with Gasteiger partial charge >= 0.3 is 0 Å². The molecule has 33 heavy (non-hydrogen) atoms. The maximum absolute atomic E-state index is 11.9. The summed E-state index contributed by atoms with van der Waals surface area (Å²) in [6.45, 7) is 13.8. The van der Waals surface area contributed by atoms with Crippen LogP contribution in [0, 0.1) is 11.8 Å². The van der Waals surface area contributed by atoms with Crippen molar-refractivity contribution in [3.05, 3.63) is 0 Å². The van der Waals surface area contributed by atoms with Crippen LogP contribution in [0.25, 0.3) is 0 Å². The number of nitrogens with one attached hydrogen (secondary N) is 1. The number of hydrogen-bond donors (Lipinski definition) is 1. The van der Waals surface area contributed by atoms with Gasteiger partial charge in [-0.1, -0.05) is 34.1 Å². The molecule has 9 nitrogen and oxygen atoms in total. The zero-order valence-corrected chi connectivity index (χ0v) is 21.2. The second-order valence-electron chi connectivity index (χ2n) is 7.92. The highest BCUT2D eigenvalue weighted by molar-refractivity contribution is 5.81. The van der Waals surface area contributed by atoms with Crippen LogP contribution in [-0.4, -0.2) is 97.5 Å². The molecule has 196 valence electrons. The van der Waals surface area contributed by atoms with Crippen molar-refractivity contribution in [2.75, 3.05) is 85.8 Å². The highest BCUT2D eigenvalue weighted by Crippen LogP contribution is 2.10. The molecule has 0 aliphatic heterocycles. The molecule has 0 bridgehead atoms. The third kappa shape index (κ3) is 21.2. The summed E-state index contributed by atoms with van der Waals surface area (Å²) >= 11 is 0. The Labute approximate surface area is 200 Å². The van der Waals surface area contributed by atoms with Crippen LogP contribution >= 0.6 is 0 Å². The summed E-state index contributed by atoms with van der Waals surface area (Å²) in [4.78, 5) is 23.3. The Balaban J connectivity index is 3.21. The third-order valence-electron chi connectivity index (χ3n) is 4.79. The van der Waals surface area contributed by atoms with Gasteiger partial charge in [-0.15, -0.1) is 0 Å². The molecular weight excluding hydrogens is 430 g/mol. The first kappa shape index (κ1) is 31.9. The predicted octanol–water partition coefficient (Wildman–Crippen LogP) is 2.25. The Morgan fingerprint density at radius 3 is 1.48 bits per heavy atom. The van der Waals surface area contributed by atoms with E-state index in [4.69, 9.17) is 28.4 Å². The average Bonchev–Trinajstić information content (AvgIpc) is 2.80. The molecule has 0 aliphatic carbocycles. The quantitative estimate of drug-likeness (QED) is 0.200. The van der Waals surface area contributed by atoms with Crippen LogP contribution in [0.15, 0.2) is 0 Å². The van der Waals surface area contributed by atoms with Crippen LogP contribution in [0.3, 0.4) is 0 Å². The minimum absolute atomic E-state index is 0.00240. The lowest BCUT2D eigenvalue weighted by Crippen LogP contribution is -2.33. The Kier molecular flexibility index (Phi) is 23.2. The van der Waals surface area contributed by atoms with Crippen molar-refractivity contribution in [2.45, 2.75) is 47.0 Å². The number of carbonyl (C=O) groups excluding carboxylic acids is 2. The second kappa shape index (κ2) is 24.0. The minimum atomic E-state index is 0.00240. The zero-order valence-electron chi connectivity index (χ0n) is 21.2. The first-order chi connectivity index (χ1) is 16.0. The smallest absolute Gasteiger partial charge is 0.223 e. The van der Waals surface area contributed by atoms with E-state index in [2.05, 4.69) is 12.2 Å². The van der Waals surface area contributed by atoms with E-state index in [1.165, 1.54) is 0 Å². The summed E-state index contributed by atoms with van der Waals surface area (Å²) in [5.74, 6) is 0.328. The maximum atomic E-state index is 11.9. The van der Waals surface area contributed by atoms with E-state index in [0.29, 0.717) is 79.2 Å². The van der Waals surface area contributed by atoms with E-state index in [1.807, 2.05) is 20.8 Å². The Bertz CT molecular complexity index is 462. The van der Waals surface area contributed by atoms with Gasteiger partial charge in [0, 0.05) is 18.4 Å². The number of carbonyl (C=O) groups is 2. The molecule has 0 aromatic carbocycles. The Hall–Kier alpha value is -1.10.